The third-order valence-electron chi connectivity index (χ3n) is 3.10. The molecule has 0 unspecified atom stereocenters. The van der Waals surface area contributed by atoms with Crippen LogP contribution >= 0.6 is 11.8 Å². The fourth-order valence-electron chi connectivity index (χ4n) is 1.97. The summed E-state index contributed by atoms with van der Waals surface area (Å²) in [5.74, 6) is 0. The number of alkyl halides is 3. The van der Waals surface area contributed by atoms with Gasteiger partial charge < -0.3 is 0 Å². The van der Waals surface area contributed by atoms with E-state index in [2.05, 4.69) is 0 Å². The van der Waals surface area contributed by atoms with E-state index >= 15 is 0 Å². The zero-order valence-corrected chi connectivity index (χ0v) is 13.4. The average Bonchev–Trinajstić information content (AvgIpc) is 2.50. The minimum atomic E-state index is -4.89. The van der Waals surface area contributed by atoms with Crippen molar-refractivity contribution in [2.75, 3.05) is 0 Å². The lowest BCUT2D eigenvalue weighted by Crippen LogP contribution is -2.40. The number of rotatable bonds is 3. The first-order valence-corrected chi connectivity index (χ1v) is 7.98. The second-order valence-corrected chi connectivity index (χ2v) is 6.72. The third-order valence-corrected chi connectivity index (χ3v) is 4.79. The van der Waals surface area contributed by atoms with Crippen LogP contribution in [-0.4, -0.2) is 17.6 Å². The van der Waals surface area contributed by atoms with Crippen LogP contribution < -0.4 is 15.5 Å². The van der Waals surface area contributed by atoms with Crippen LogP contribution in [0.25, 0.3) is 5.69 Å². The van der Waals surface area contributed by atoms with Crippen molar-refractivity contribution in [2.45, 2.75) is 11.1 Å². The summed E-state index contributed by atoms with van der Waals surface area (Å²) in [6.07, 6.45) is -4.89. The smallest absolute Gasteiger partial charge is 0.292 e. The molecule has 2 rings (SSSR count). The molecule has 1 heterocycles. The molecule has 0 aliphatic heterocycles. The molecule has 0 bridgehead atoms. The Morgan fingerprint density at radius 3 is 2.33 bits per heavy atom. The largest absolute Gasteiger partial charge is 0.431 e. The molecule has 0 fully saturated rings. The number of benzene rings is 1. The lowest BCUT2D eigenvalue weighted by atomic mass is 10.3. The fraction of sp³-hybridized carbons (Fsp3) is 0.167. The third kappa shape index (κ3) is 3.23. The Morgan fingerprint density at radius 2 is 1.79 bits per heavy atom. The highest BCUT2D eigenvalue weighted by Crippen LogP contribution is 2.27. The van der Waals surface area contributed by atoms with Crippen molar-refractivity contribution in [3.8, 4) is 5.69 Å². The van der Waals surface area contributed by atoms with Gasteiger partial charge in [-0.25, -0.2) is 17.8 Å². The zero-order valence-electron chi connectivity index (χ0n) is 11.8. The molecule has 1 aromatic heterocycles. The van der Waals surface area contributed by atoms with Crippen LogP contribution in [-0.2, 0) is 23.2 Å². The maximum Gasteiger partial charge on any atom is 0.431 e. The Morgan fingerprint density at radius 1 is 1.17 bits per heavy atom. The van der Waals surface area contributed by atoms with Gasteiger partial charge in [-0.15, -0.1) is 4.24 Å². The van der Waals surface area contributed by atoms with E-state index in [1.54, 1.807) is 0 Å². The lowest BCUT2D eigenvalue weighted by Gasteiger charge is -2.14. The Bertz CT molecular complexity index is 1010. The summed E-state index contributed by atoms with van der Waals surface area (Å²) in [5, 5.41) is 0. The molecule has 12 heteroatoms. The zero-order chi connectivity index (χ0) is 18.3. The van der Waals surface area contributed by atoms with Gasteiger partial charge in [-0.1, -0.05) is 6.07 Å². The highest BCUT2D eigenvalue weighted by molar-refractivity contribution is 7.90. The second-order valence-electron chi connectivity index (χ2n) is 4.62. The number of sulfonamides is 1. The quantitative estimate of drug-likeness (QED) is 0.800. The van der Waals surface area contributed by atoms with Gasteiger partial charge in [-0.2, -0.15) is 13.2 Å². The normalized spacial score (nSPS) is 12.4. The van der Waals surface area contributed by atoms with Gasteiger partial charge in [0.2, 0.25) is 0 Å². The van der Waals surface area contributed by atoms with Crippen LogP contribution in [0.5, 0.6) is 0 Å². The summed E-state index contributed by atoms with van der Waals surface area (Å²) < 4.78 is 63.9. The summed E-state index contributed by atoms with van der Waals surface area (Å²) in [7, 11) is -3.24. The summed E-state index contributed by atoms with van der Waals surface area (Å²) in [5.41, 5.74) is -4.16. The highest BCUT2D eigenvalue weighted by Gasteiger charge is 2.35. The van der Waals surface area contributed by atoms with Crippen molar-refractivity contribution in [1.29, 1.82) is 0 Å². The predicted octanol–water partition coefficient (Wildman–Crippen LogP) is 0.987. The monoisotopic (exact) mass is 383 g/mol. The second kappa shape index (κ2) is 6.07. The summed E-state index contributed by atoms with van der Waals surface area (Å²) in [6.45, 7) is 0. The van der Waals surface area contributed by atoms with E-state index < -0.39 is 33.1 Å². The number of hydrogen-bond acceptors (Lipinski definition) is 4. The average molecular weight is 384 g/mol. The number of nitrogens with one attached hydrogen (secondary N) is 1. The molecule has 2 aromatic rings. The molecule has 1 N–H and O–H groups in total. The van der Waals surface area contributed by atoms with E-state index in [1.165, 1.54) is 16.4 Å². The Balaban J connectivity index is 2.77. The van der Waals surface area contributed by atoms with Gasteiger partial charge >= 0.3 is 11.9 Å². The molecule has 0 saturated heterocycles. The van der Waals surface area contributed by atoms with Crippen molar-refractivity contribution in [1.82, 2.24) is 13.4 Å². The molecule has 24 heavy (non-hydrogen) atoms. The van der Waals surface area contributed by atoms with Gasteiger partial charge in [0.1, 0.15) is 5.69 Å². The Labute approximate surface area is 138 Å². The molecule has 0 radical (unpaired) electrons. The van der Waals surface area contributed by atoms with Gasteiger partial charge in [0.15, 0.2) is 0 Å². The fourth-order valence-corrected chi connectivity index (χ4v) is 2.86. The number of hydrogen-bond donors (Lipinski definition) is 1. The maximum absolute atomic E-state index is 12.8. The molecule has 0 saturated carbocycles. The SMILES string of the molecule is Cn1c(C(F)(F)F)cc(=O)n(-c2cccc(S(=O)(=O)NCl)c2)c1=O. The number of halogens is 4. The van der Waals surface area contributed by atoms with E-state index in [1.807, 2.05) is 0 Å². The highest BCUT2D eigenvalue weighted by atomic mass is 35.5. The molecule has 130 valence electrons. The molecule has 0 aliphatic carbocycles. The lowest BCUT2D eigenvalue weighted by molar-refractivity contribution is -0.144. The topological polar surface area (TPSA) is 90.2 Å². The van der Waals surface area contributed by atoms with E-state index in [0.717, 1.165) is 19.2 Å². The van der Waals surface area contributed by atoms with E-state index in [0.29, 0.717) is 4.57 Å². The van der Waals surface area contributed by atoms with Crippen LogP contribution in [0.4, 0.5) is 13.2 Å². The van der Waals surface area contributed by atoms with Crippen LogP contribution in [0, 0.1) is 0 Å². The van der Waals surface area contributed by atoms with Crippen molar-refractivity contribution < 1.29 is 21.6 Å². The minimum absolute atomic E-state index is 0.220. The summed E-state index contributed by atoms with van der Waals surface area (Å²) in [6, 6.07) is 4.72. The summed E-state index contributed by atoms with van der Waals surface area (Å²) in [4.78, 5) is 23.7. The Hall–Kier alpha value is -2.11. The number of nitrogens with zero attached hydrogens (tertiary/aromatic N) is 2. The van der Waals surface area contributed by atoms with Gasteiger partial charge in [0.25, 0.3) is 15.6 Å². The molecule has 0 aliphatic rings. The first-order chi connectivity index (χ1) is 11.0. The van der Waals surface area contributed by atoms with E-state index in [-0.39, 0.29) is 21.2 Å². The molecule has 0 amide bonds. The van der Waals surface area contributed by atoms with Crippen LogP contribution in [0.1, 0.15) is 5.69 Å². The van der Waals surface area contributed by atoms with Crippen LogP contribution in [0.2, 0.25) is 0 Å². The van der Waals surface area contributed by atoms with E-state index in [9.17, 15) is 31.2 Å². The summed E-state index contributed by atoms with van der Waals surface area (Å²) >= 11 is 5.09. The van der Waals surface area contributed by atoms with Crippen molar-refractivity contribution >= 4 is 21.8 Å². The van der Waals surface area contributed by atoms with Crippen molar-refractivity contribution in [2.24, 2.45) is 7.05 Å². The van der Waals surface area contributed by atoms with Gasteiger partial charge in [-0.3, -0.25) is 9.36 Å². The van der Waals surface area contributed by atoms with Gasteiger partial charge in [0, 0.05) is 13.1 Å². The molecule has 0 atom stereocenters. The predicted molar refractivity (Wildman–Crippen MR) is 78.5 cm³/mol. The first kappa shape index (κ1) is 18.2. The van der Waals surface area contributed by atoms with E-state index in [4.69, 9.17) is 11.8 Å². The first-order valence-electron chi connectivity index (χ1n) is 6.12. The van der Waals surface area contributed by atoms with Crippen molar-refractivity contribution in [3.05, 3.63) is 56.9 Å². The molecule has 1 aromatic carbocycles. The van der Waals surface area contributed by atoms with Crippen LogP contribution in [0.15, 0.2) is 44.8 Å². The molecule has 7 nitrogen and oxygen atoms in total. The van der Waals surface area contributed by atoms with Gasteiger partial charge in [-0.05, 0) is 30.0 Å². The van der Waals surface area contributed by atoms with Crippen LogP contribution in [0.3, 0.4) is 0 Å². The van der Waals surface area contributed by atoms with Gasteiger partial charge in [0.05, 0.1) is 10.6 Å². The molecular formula is C12H9ClF3N3O4S. The maximum atomic E-state index is 12.8. The standard InChI is InChI=1S/C12H9ClF3N3O4S/c1-18-9(12(14,15)16)6-10(20)19(11(18)21)7-3-2-4-8(5-7)24(22,23)17-13/h2-6,17H,1H3. The number of aromatic nitrogens is 2. The molecule has 0 spiro atoms. The Kier molecular flexibility index (Phi) is 4.61. The minimum Gasteiger partial charge on any atom is -0.292 e. The van der Waals surface area contributed by atoms with Crippen molar-refractivity contribution in [3.63, 3.8) is 0 Å². The molecular weight excluding hydrogens is 375 g/mol.